The predicted molar refractivity (Wildman–Crippen MR) is 138 cm³/mol. The monoisotopic (exact) mass is 495 g/mol. The predicted octanol–water partition coefficient (Wildman–Crippen LogP) is 4.27. The van der Waals surface area contributed by atoms with Gasteiger partial charge in [0.25, 0.3) is 11.8 Å². The molecule has 0 N–H and O–H groups in total. The van der Waals surface area contributed by atoms with Crippen molar-refractivity contribution in [2.45, 2.75) is 19.3 Å². The van der Waals surface area contributed by atoms with Crippen LogP contribution in [0, 0.1) is 0 Å². The second-order valence-electron chi connectivity index (χ2n) is 8.32. The molecule has 3 aliphatic heterocycles. The number of amides is 2. The van der Waals surface area contributed by atoms with Crippen LogP contribution in [0.5, 0.6) is 11.5 Å². The molecular weight excluding hydrogens is 470 g/mol. The minimum Gasteiger partial charge on any atom is -0.497 e. The smallest absolute Gasteiger partial charge is 0.271 e. The molecule has 0 aliphatic carbocycles. The number of nitrogens with zero attached hydrogens (tertiary/aromatic N) is 3. The Bertz CT molecular complexity index is 1210. The molecule has 176 valence electrons. The van der Waals surface area contributed by atoms with E-state index in [-0.39, 0.29) is 11.8 Å². The Morgan fingerprint density at radius 2 is 1.71 bits per heavy atom. The number of para-hydroxylation sites is 1. The van der Waals surface area contributed by atoms with Gasteiger partial charge in [-0.2, -0.15) is 0 Å². The molecule has 2 aromatic rings. The lowest BCUT2D eigenvalue weighted by Crippen LogP contribution is -2.42. The van der Waals surface area contributed by atoms with Gasteiger partial charge in [0.1, 0.15) is 11.5 Å². The maximum absolute atomic E-state index is 13.7. The average molecular weight is 496 g/mol. The van der Waals surface area contributed by atoms with Crippen LogP contribution in [-0.4, -0.2) is 55.0 Å². The van der Waals surface area contributed by atoms with E-state index in [1.807, 2.05) is 24.3 Å². The van der Waals surface area contributed by atoms with E-state index < -0.39 is 0 Å². The second kappa shape index (κ2) is 9.40. The molecule has 2 saturated heterocycles. The number of benzene rings is 2. The largest absolute Gasteiger partial charge is 0.497 e. The molecule has 2 aromatic carbocycles. The number of ether oxygens (including phenoxy) is 2. The Hall–Kier alpha value is -2.88. The highest BCUT2D eigenvalue weighted by Crippen LogP contribution is 2.47. The fourth-order valence-electron chi connectivity index (χ4n) is 4.64. The number of carbonyl (C=O) groups excluding carboxylic acids is 2. The van der Waals surface area contributed by atoms with Crippen molar-refractivity contribution in [2.75, 3.05) is 43.8 Å². The summed E-state index contributed by atoms with van der Waals surface area (Å²) < 4.78 is 11.2. The van der Waals surface area contributed by atoms with Crippen molar-refractivity contribution in [3.05, 3.63) is 52.9 Å². The summed E-state index contributed by atoms with van der Waals surface area (Å²) in [6.45, 7) is 2.46. The number of hydrogen-bond donors (Lipinski definition) is 0. The highest BCUT2D eigenvalue weighted by atomic mass is 32.2. The Balaban J connectivity index is 1.55. The fraction of sp³-hybridized carbons (Fsp3) is 0.320. The van der Waals surface area contributed by atoms with Crippen molar-refractivity contribution in [3.63, 3.8) is 0 Å². The summed E-state index contributed by atoms with van der Waals surface area (Å²) in [5, 5.41) is 0. The van der Waals surface area contributed by atoms with Crippen molar-refractivity contribution in [2.24, 2.45) is 0 Å². The first-order valence-corrected chi connectivity index (χ1v) is 12.4. The number of methoxy groups -OCH3 is 2. The first-order valence-electron chi connectivity index (χ1n) is 11.2. The van der Waals surface area contributed by atoms with Crippen LogP contribution in [-0.2, 0) is 9.59 Å². The number of likely N-dealkylation sites (tertiary alicyclic amines) is 1. The van der Waals surface area contributed by atoms with Crippen molar-refractivity contribution >= 4 is 57.1 Å². The molecule has 2 fully saturated rings. The summed E-state index contributed by atoms with van der Waals surface area (Å²) in [6, 6.07) is 12.9. The van der Waals surface area contributed by atoms with Gasteiger partial charge in [-0.1, -0.05) is 48.6 Å². The molecule has 0 aromatic heterocycles. The molecule has 0 unspecified atom stereocenters. The first-order chi connectivity index (χ1) is 16.5. The van der Waals surface area contributed by atoms with Gasteiger partial charge < -0.3 is 9.47 Å². The zero-order valence-corrected chi connectivity index (χ0v) is 20.7. The summed E-state index contributed by atoms with van der Waals surface area (Å²) in [4.78, 5) is 33.3. The highest BCUT2D eigenvalue weighted by Gasteiger charge is 2.43. The van der Waals surface area contributed by atoms with E-state index in [4.69, 9.17) is 21.7 Å². The number of rotatable bonds is 5. The van der Waals surface area contributed by atoms with Crippen molar-refractivity contribution in [1.29, 1.82) is 0 Å². The third-order valence-corrected chi connectivity index (χ3v) is 7.71. The van der Waals surface area contributed by atoms with Crippen LogP contribution < -0.4 is 19.3 Å². The molecule has 0 spiro atoms. The number of fused-ring (bicyclic) bond motifs is 1. The lowest BCUT2D eigenvalue weighted by atomic mass is 10.1. The Labute approximate surface area is 208 Å². The van der Waals surface area contributed by atoms with Crippen molar-refractivity contribution in [3.8, 4) is 11.5 Å². The Kier molecular flexibility index (Phi) is 6.33. The zero-order chi connectivity index (χ0) is 23.8. The molecule has 7 nitrogen and oxygen atoms in total. The number of carbonyl (C=O) groups is 2. The van der Waals surface area contributed by atoms with Gasteiger partial charge in [0.05, 0.1) is 42.7 Å². The maximum atomic E-state index is 13.7. The van der Waals surface area contributed by atoms with E-state index in [0.29, 0.717) is 38.7 Å². The van der Waals surface area contributed by atoms with Crippen LogP contribution in [0.3, 0.4) is 0 Å². The normalized spacial score (nSPS) is 20.8. The van der Waals surface area contributed by atoms with E-state index in [0.717, 1.165) is 48.9 Å². The fourth-order valence-corrected chi connectivity index (χ4v) is 6.00. The third-order valence-electron chi connectivity index (χ3n) is 6.34. The zero-order valence-electron chi connectivity index (χ0n) is 19.1. The summed E-state index contributed by atoms with van der Waals surface area (Å²) in [7, 11) is 3.10. The van der Waals surface area contributed by atoms with Crippen LogP contribution >= 0.6 is 24.0 Å². The van der Waals surface area contributed by atoms with Crippen LogP contribution in [0.15, 0.2) is 47.4 Å². The van der Waals surface area contributed by atoms with Gasteiger partial charge in [-0.25, -0.2) is 0 Å². The molecule has 0 radical (unpaired) electrons. The van der Waals surface area contributed by atoms with E-state index >= 15 is 0 Å². The van der Waals surface area contributed by atoms with Gasteiger partial charge in [0.2, 0.25) is 0 Å². The summed E-state index contributed by atoms with van der Waals surface area (Å²) in [6.07, 6.45) is 3.50. The van der Waals surface area contributed by atoms with Gasteiger partial charge in [-0.15, -0.1) is 0 Å². The van der Waals surface area contributed by atoms with E-state index in [9.17, 15) is 9.59 Å². The van der Waals surface area contributed by atoms with Gasteiger partial charge in [0.15, 0.2) is 4.32 Å². The van der Waals surface area contributed by atoms with Gasteiger partial charge in [-0.05, 0) is 44.1 Å². The van der Waals surface area contributed by atoms with Gasteiger partial charge >= 0.3 is 0 Å². The number of hydrogen-bond acceptors (Lipinski definition) is 7. The molecule has 34 heavy (non-hydrogen) atoms. The van der Waals surface area contributed by atoms with E-state index in [2.05, 4.69) is 4.90 Å². The van der Waals surface area contributed by atoms with Crippen LogP contribution in [0.4, 0.5) is 11.4 Å². The Morgan fingerprint density at radius 3 is 2.44 bits per heavy atom. The lowest BCUT2D eigenvalue weighted by Gasteiger charge is -2.30. The molecule has 5 rings (SSSR count). The number of piperidine rings is 1. The summed E-state index contributed by atoms with van der Waals surface area (Å²) in [5.41, 5.74) is 2.50. The van der Waals surface area contributed by atoms with Crippen molar-refractivity contribution < 1.29 is 19.1 Å². The van der Waals surface area contributed by atoms with Crippen LogP contribution in [0.1, 0.15) is 24.8 Å². The van der Waals surface area contributed by atoms with Crippen LogP contribution in [0.25, 0.3) is 5.57 Å². The molecule has 0 atom stereocenters. The minimum absolute atomic E-state index is 0.162. The first kappa shape index (κ1) is 22.9. The molecular formula is C25H25N3O4S2. The van der Waals surface area contributed by atoms with Gasteiger partial charge in [-0.3, -0.25) is 24.3 Å². The highest BCUT2D eigenvalue weighted by molar-refractivity contribution is 8.27. The molecule has 0 bridgehead atoms. The number of anilines is 2. The quantitative estimate of drug-likeness (QED) is 0.453. The maximum Gasteiger partial charge on any atom is 0.271 e. The van der Waals surface area contributed by atoms with Crippen LogP contribution in [0.2, 0.25) is 0 Å². The second-order valence-corrected chi connectivity index (χ2v) is 9.97. The minimum atomic E-state index is -0.334. The van der Waals surface area contributed by atoms with Crippen molar-refractivity contribution in [1.82, 2.24) is 4.90 Å². The number of thioether (sulfide) groups is 1. The standard InChI is InChI=1S/C25H25N3O4S2/c1-31-16-10-11-20(32-2)19(14-16)28-24(30)22(34-25(28)33)21-17-8-4-5-9-18(17)27(23(21)29)15-26-12-6-3-7-13-26/h4-5,8-11,14H,3,6-7,12-13,15H2,1-2H3. The van der Waals surface area contributed by atoms with Gasteiger partial charge in [0, 0.05) is 11.6 Å². The lowest BCUT2D eigenvalue weighted by molar-refractivity contribution is -0.115. The molecule has 9 heteroatoms. The summed E-state index contributed by atoms with van der Waals surface area (Å²) in [5.74, 6) is 0.574. The SMILES string of the molecule is COc1ccc(OC)c(N2C(=O)C(=C3C(=O)N(CN4CCCCC4)c4ccccc43)SC2=S)c1. The molecule has 2 amide bonds. The summed E-state index contributed by atoms with van der Waals surface area (Å²) >= 11 is 6.75. The average Bonchev–Trinajstić information content (AvgIpc) is 3.31. The van der Waals surface area contributed by atoms with E-state index in [1.165, 1.54) is 18.4 Å². The topological polar surface area (TPSA) is 62.3 Å². The van der Waals surface area contributed by atoms with E-state index in [1.54, 1.807) is 30.2 Å². The molecule has 0 saturated carbocycles. The Morgan fingerprint density at radius 1 is 0.941 bits per heavy atom. The number of thiocarbonyl (C=S) groups is 1. The molecule has 3 heterocycles. The third kappa shape index (κ3) is 3.87. The molecule has 3 aliphatic rings.